The zero-order valence-electron chi connectivity index (χ0n) is 17.6. The Balaban J connectivity index is 1.64. The number of hydrogen-bond acceptors (Lipinski definition) is 4. The molecule has 0 saturated carbocycles. The van der Waals surface area contributed by atoms with Gasteiger partial charge in [0.1, 0.15) is 0 Å². The van der Waals surface area contributed by atoms with Crippen molar-refractivity contribution in [2.45, 2.75) is 37.1 Å². The number of aromatic nitrogens is 2. The Kier molecular flexibility index (Phi) is 7.46. The van der Waals surface area contributed by atoms with E-state index in [9.17, 15) is 9.59 Å². The quantitative estimate of drug-likeness (QED) is 0.447. The number of hydrogen-bond donors (Lipinski definition) is 1. The smallest absolute Gasteiger partial charge is 0.257 e. The van der Waals surface area contributed by atoms with E-state index in [1.807, 2.05) is 74.5 Å². The molecule has 1 atom stereocenters. The van der Waals surface area contributed by atoms with Crippen molar-refractivity contribution in [1.29, 1.82) is 0 Å². The SMILES string of the molecule is Cc1nc(SC(C)C(=O)NCCc2ccccc2)n(C)c(=O)c1Cc1ccccc1. The minimum atomic E-state index is -0.349. The van der Waals surface area contributed by atoms with Crippen LogP contribution >= 0.6 is 11.8 Å². The standard InChI is InChI=1S/C24H27N3O2S/c1-17-21(16-20-12-8-5-9-13-20)23(29)27(3)24(26-17)30-18(2)22(28)25-15-14-19-10-6-4-7-11-19/h4-13,18H,14-16H2,1-3H3,(H,25,28). The van der Waals surface area contributed by atoms with Crippen molar-refractivity contribution in [1.82, 2.24) is 14.9 Å². The van der Waals surface area contributed by atoms with Gasteiger partial charge in [-0.1, -0.05) is 72.4 Å². The Morgan fingerprint density at radius 2 is 1.67 bits per heavy atom. The van der Waals surface area contributed by atoms with Crippen LogP contribution in [0.25, 0.3) is 0 Å². The summed E-state index contributed by atoms with van der Waals surface area (Å²) in [5, 5.41) is 3.18. The Morgan fingerprint density at radius 3 is 2.30 bits per heavy atom. The maximum atomic E-state index is 12.9. The van der Waals surface area contributed by atoms with E-state index < -0.39 is 0 Å². The summed E-state index contributed by atoms with van der Waals surface area (Å²) in [5.74, 6) is -0.0591. The van der Waals surface area contributed by atoms with Crippen molar-refractivity contribution < 1.29 is 4.79 Å². The fourth-order valence-electron chi connectivity index (χ4n) is 3.17. The molecule has 0 fully saturated rings. The van der Waals surface area contributed by atoms with Crippen molar-refractivity contribution in [3.8, 4) is 0 Å². The molecule has 1 unspecified atom stereocenters. The monoisotopic (exact) mass is 421 g/mol. The molecule has 1 heterocycles. The lowest BCUT2D eigenvalue weighted by molar-refractivity contribution is -0.120. The lowest BCUT2D eigenvalue weighted by Crippen LogP contribution is -2.33. The molecule has 6 heteroatoms. The average molecular weight is 422 g/mol. The minimum absolute atomic E-state index is 0.0591. The van der Waals surface area contributed by atoms with Gasteiger partial charge in [0.2, 0.25) is 5.91 Å². The molecule has 0 bridgehead atoms. The van der Waals surface area contributed by atoms with E-state index in [2.05, 4.69) is 10.3 Å². The van der Waals surface area contributed by atoms with Crippen LogP contribution in [0, 0.1) is 6.92 Å². The molecule has 30 heavy (non-hydrogen) atoms. The van der Waals surface area contributed by atoms with Crippen molar-refractivity contribution in [3.05, 3.63) is 93.4 Å². The van der Waals surface area contributed by atoms with Gasteiger partial charge in [-0.3, -0.25) is 14.2 Å². The van der Waals surface area contributed by atoms with Crippen LogP contribution in [-0.2, 0) is 24.7 Å². The van der Waals surface area contributed by atoms with Gasteiger partial charge in [0.15, 0.2) is 5.16 Å². The summed E-state index contributed by atoms with van der Waals surface area (Å²) >= 11 is 1.31. The first kappa shape index (κ1) is 21.8. The van der Waals surface area contributed by atoms with Gasteiger partial charge < -0.3 is 5.32 Å². The van der Waals surface area contributed by atoms with Gasteiger partial charge in [0.25, 0.3) is 5.56 Å². The summed E-state index contributed by atoms with van der Waals surface area (Å²) in [7, 11) is 1.71. The largest absolute Gasteiger partial charge is 0.355 e. The van der Waals surface area contributed by atoms with Crippen molar-refractivity contribution in [2.75, 3.05) is 6.54 Å². The molecule has 156 valence electrons. The van der Waals surface area contributed by atoms with E-state index in [4.69, 9.17) is 0 Å². The second kappa shape index (κ2) is 10.3. The summed E-state index contributed by atoms with van der Waals surface area (Å²) < 4.78 is 1.55. The van der Waals surface area contributed by atoms with E-state index >= 15 is 0 Å². The molecule has 0 saturated heterocycles. The van der Waals surface area contributed by atoms with E-state index in [0.29, 0.717) is 29.4 Å². The molecule has 3 aromatic rings. The van der Waals surface area contributed by atoms with Crippen molar-refractivity contribution in [3.63, 3.8) is 0 Å². The summed E-state index contributed by atoms with van der Waals surface area (Å²) in [6.45, 7) is 4.27. The summed E-state index contributed by atoms with van der Waals surface area (Å²) in [6.07, 6.45) is 1.33. The molecule has 0 radical (unpaired) electrons. The normalized spacial score (nSPS) is 11.8. The fourth-order valence-corrected chi connectivity index (χ4v) is 4.11. The molecule has 5 nitrogen and oxygen atoms in total. The number of thioether (sulfide) groups is 1. The third-order valence-corrected chi connectivity index (χ3v) is 6.12. The van der Waals surface area contributed by atoms with Gasteiger partial charge in [-0.15, -0.1) is 0 Å². The minimum Gasteiger partial charge on any atom is -0.355 e. The summed E-state index contributed by atoms with van der Waals surface area (Å²) in [4.78, 5) is 30.0. The van der Waals surface area contributed by atoms with E-state index in [-0.39, 0.29) is 16.7 Å². The first-order chi connectivity index (χ1) is 14.5. The van der Waals surface area contributed by atoms with Gasteiger partial charge >= 0.3 is 0 Å². The van der Waals surface area contributed by atoms with Crippen LogP contribution in [0.15, 0.2) is 70.6 Å². The van der Waals surface area contributed by atoms with E-state index in [1.54, 1.807) is 11.6 Å². The number of carbonyl (C=O) groups excluding carboxylic acids is 1. The van der Waals surface area contributed by atoms with Crippen LogP contribution in [0.2, 0.25) is 0 Å². The van der Waals surface area contributed by atoms with Gasteiger partial charge in [-0.05, 0) is 31.4 Å². The van der Waals surface area contributed by atoms with Gasteiger partial charge in [-0.25, -0.2) is 4.98 Å². The molecular weight excluding hydrogens is 394 g/mol. The van der Waals surface area contributed by atoms with Crippen LogP contribution in [0.5, 0.6) is 0 Å². The van der Waals surface area contributed by atoms with E-state index in [1.165, 1.54) is 17.3 Å². The Bertz CT molecular complexity index is 1050. The van der Waals surface area contributed by atoms with Crippen LogP contribution in [0.1, 0.15) is 29.3 Å². The molecule has 1 amide bonds. The number of nitrogens with zero attached hydrogens (tertiary/aromatic N) is 2. The highest BCUT2D eigenvalue weighted by molar-refractivity contribution is 8.00. The average Bonchev–Trinajstić information content (AvgIpc) is 2.76. The number of rotatable bonds is 8. The Morgan fingerprint density at radius 1 is 1.07 bits per heavy atom. The number of benzene rings is 2. The molecule has 2 aromatic carbocycles. The lowest BCUT2D eigenvalue weighted by Gasteiger charge is -2.15. The van der Waals surface area contributed by atoms with Crippen molar-refractivity contribution >= 4 is 17.7 Å². The number of aryl methyl sites for hydroxylation is 1. The van der Waals surface area contributed by atoms with Crippen LogP contribution < -0.4 is 10.9 Å². The maximum Gasteiger partial charge on any atom is 0.257 e. The van der Waals surface area contributed by atoms with Crippen LogP contribution in [0.4, 0.5) is 0 Å². The van der Waals surface area contributed by atoms with Gasteiger partial charge in [-0.2, -0.15) is 0 Å². The molecular formula is C24H27N3O2S. The van der Waals surface area contributed by atoms with Gasteiger partial charge in [0.05, 0.1) is 5.25 Å². The molecule has 0 aliphatic heterocycles. The van der Waals surface area contributed by atoms with Crippen molar-refractivity contribution in [2.24, 2.45) is 7.05 Å². The summed E-state index contributed by atoms with van der Waals surface area (Å²) in [5.41, 5.74) is 3.59. The second-order valence-electron chi connectivity index (χ2n) is 7.27. The molecule has 0 aliphatic rings. The highest BCUT2D eigenvalue weighted by atomic mass is 32.2. The Hall–Kier alpha value is -2.86. The first-order valence-electron chi connectivity index (χ1n) is 10.0. The zero-order valence-corrected chi connectivity index (χ0v) is 18.4. The van der Waals surface area contributed by atoms with Crippen LogP contribution in [-0.4, -0.2) is 27.3 Å². The topological polar surface area (TPSA) is 64.0 Å². The van der Waals surface area contributed by atoms with Crippen LogP contribution in [0.3, 0.4) is 0 Å². The fraction of sp³-hybridized carbons (Fsp3) is 0.292. The number of amides is 1. The van der Waals surface area contributed by atoms with E-state index in [0.717, 1.165) is 12.0 Å². The molecule has 0 aliphatic carbocycles. The number of carbonyl (C=O) groups is 1. The first-order valence-corrected chi connectivity index (χ1v) is 10.9. The molecule has 1 aromatic heterocycles. The lowest BCUT2D eigenvalue weighted by atomic mass is 10.1. The molecule has 1 N–H and O–H groups in total. The highest BCUT2D eigenvalue weighted by Crippen LogP contribution is 2.21. The zero-order chi connectivity index (χ0) is 21.5. The predicted octanol–water partition coefficient (Wildman–Crippen LogP) is 3.52. The molecule has 0 spiro atoms. The van der Waals surface area contributed by atoms with Gasteiger partial charge in [0, 0.05) is 31.3 Å². The maximum absolute atomic E-state index is 12.9. The third-order valence-electron chi connectivity index (χ3n) is 4.98. The summed E-state index contributed by atoms with van der Waals surface area (Å²) in [6, 6.07) is 19.9. The highest BCUT2D eigenvalue weighted by Gasteiger charge is 2.19. The number of nitrogens with one attached hydrogen (secondary N) is 1. The second-order valence-corrected chi connectivity index (χ2v) is 8.58. The predicted molar refractivity (Wildman–Crippen MR) is 122 cm³/mol. The Labute approximate surface area is 181 Å². The third kappa shape index (κ3) is 5.60. The molecule has 3 rings (SSSR count).